The molecular weight excluding hydrogens is 278 g/mol. The minimum atomic E-state index is -0.389. The maximum atomic E-state index is 12.4. The van der Waals surface area contributed by atoms with E-state index >= 15 is 0 Å². The maximum absolute atomic E-state index is 12.4. The molecule has 2 aromatic rings. The van der Waals surface area contributed by atoms with Crippen molar-refractivity contribution in [3.8, 4) is 0 Å². The first kappa shape index (κ1) is 16.3. The lowest BCUT2D eigenvalue weighted by atomic mass is 9.82. The van der Waals surface area contributed by atoms with Crippen LogP contribution < -0.4 is 10.7 Å². The van der Waals surface area contributed by atoms with E-state index in [0.717, 1.165) is 6.42 Å². The fraction of sp³-hybridized carbons (Fsp3) is 0.444. The molecule has 0 unspecified atom stereocenters. The number of nitrogens with one attached hydrogen (secondary N) is 1. The summed E-state index contributed by atoms with van der Waals surface area (Å²) in [6.45, 7) is 10.3. The number of carbonyl (C=O) groups excluding carboxylic acids is 1. The molecule has 2 rings (SSSR count). The van der Waals surface area contributed by atoms with Gasteiger partial charge >= 0.3 is 0 Å². The zero-order valence-electron chi connectivity index (χ0n) is 13.8. The van der Waals surface area contributed by atoms with Crippen LogP contribution in [0.2, 0.25) is 0 Å². The summed E-state index contributed by atoms with van der Waals surface area (Å²) in [6.07, 6.45) is 0.809. The maximum Gasteiger partial charge on any atom is 0.287 e. The van der Waals surface area contributed by atoms with E-state index in [-0.39, 0.29) is 28.1 Å². The highest BCUT2D eigenvalue weighted by Gasteiger charge is 2.28. The molecule has 0 aliphatic rings. The topological polar surface area (TPSA) is 59.3 Å². The van der Waals surface area contributed by atoms with Gasteiger partial charge in [-0.1, -0.05) is 32.9 Å². The first-order valence-corrected chi connectivity index (χ1v) is 7.43. The normalized spacial score (nSPS) is 12.4. The Bertz CT molecular complexity index is 751. The van der Waals surface area contributed by atoms with Crippen molar-refractivity contribution in [2.75, 3.05) is 0 Å². The van der Waals surface area contributed by atoms with Crippen LogP contribution >= 0.6 is 0 Å². The predicted molar refractivity (Wildman–Crippen MR) is 88.1 cm³/mol. The molecule has 4 nitrogen and oxygen atoms in total. The van der Waals surface area contributed by atoms with Gasteiger partial charge in [-0.3, -0.25) is 9.59 Å². The predicted octanol–water partition coefficient (Wildman–Crippen LogP) is 3.74. The van der Waals surface area contributed by atoms with Gasteiger partial charge in [-0.05, 0) is 37.8 Å². The summed E-state index contributed by atoms with van der Waals surface area (Å²) in [5, 5.41) is 3.43. The first-order chi connectivity index (χ1) is 10.1. The van der Waals surface area contributed by atoms with Crippen LogP contribution in [-0.4, -0.2) is 11.4 Å². The summed E-state index contributed by atoms with van der Waals surface area (Å²) < 4.78 is 5.57. The minimum absolute atomic E-state index is 0.0469. The van der Waals surface area contributed by atoms with Crippen molar-refractivity contribution >= 4 is 16.9 Å². The molecule has 22 heavy (non-hydrogen) atoms. The Morgan fingerprint density at radius 2 is 1.77 bits per heavy atom. The molecule has 0 aliphatic carbocycles. The van der Waals surface area contributed by atoms with Crippen LogP contribution in [-0.2, 0) is 0 Å². The van der Waals surface area contributed by atoms with E-state index in [1.54, 1.807) is 24.3 Å². The lowest BCUT2D eigenvalue weighted by molar-refractivity contribution is 0.0863. The number of hydrogen-bond donors (Lipinski definition) is 1. The van der Waals surface area contributed by atoms with Gasteiger partial charge in [0.1, 0.15) is 5.58 Å². The van der Waals surface area contributed by atoms with Gasteiger partial charge in [0.25, 0.3) is 5.91 Å². The fourth-order valence-electron chi connectivity index (χ4n) is 2.95. The van der Waals surface area contributed by atoms with Crippen molar-refractivity contribution in [1.29, 1.82) is 0 Å². The standard InChI is InChI=1S/C18H23NO3/c1-17(2,3)11-18(4,5)19-16(21)15-10-13(20)12-8-6-7-9-14(12)22-15/h6-10H,11H2,1-5H3,(H,19,21). The van der Waals surface area contributed by atoms with Gasteiger partial charge in [-0.25, -0.2) is 0 Å². The first-order valence-electron chi connectivity index (χ1n) is 7.43. The molecule has 0 fully saturated rings. The number of rotatable bonds is 3. The lowest BCUT2D eigenvalue weighted by Crippen LogP contribution is -2.45. The van der Waals surface area contributed by atoms with E-state index in [1.807, 2.05) is 13.8 Å². The van der Waals surface area contributed by atoms with Crippen LogP contribution in [0.15, 0.2) is 39.5 Å². The monoisotopic (exact) mass is 301 g/mol. The average Bonchev–Trinajstić information content (AvgIpc) is 2.35. The number of fused-ring (bicyclic) bond motifs is 1. The minimum Gasteiger partial charge on any atom is -0.451 e. The highest BCUT2D eigenvalue weighted by atomic mass is 16.3. The summed E-state index contributed by atoms with van der Waals surface area (Å²) in [5.74, 6) is -0.317. The van der Waals surface area contributed by atoms with Crippen molar-refractivity contribution in [2.24, 2.45) is 5.41 Å². The van der Waals surface area contributed by atoms with Crippen LogP contribution in [0.5, 0.6) is 0 Å². The molecule has 118 valence electrons. The molecule has 1 aromatic heterocycles. The zero-order chi connectivity index (χ0) is 16.5. The van der Waals surface area contributed by atoms with Gasteiger partial charge in [0.2, 0.25) is 0 Å². The van der Waals surface area contributed by atoms with Crippen LogP contribution in [0.4, 0.5) is 0 Å². The second kappa shape index (κ2) is 5.59. The molecule has 1 heterocycles. The third-order valence-electron chi connectivity index (χ3n) is 3.28. The highest BCUT2D eigenvalue weighted by Crippen LogP contribution is 2.27. The Hall–Kier alpha value is -2.10. The van der Waals surface area contributed by atoms with Gasteiger partial charge in [0.05, 0.1) is 5.39 Å². The Labute approximate surface area is 130 Å². The number of amides is 1. The molecule has 0 atom stereocenters. The summed E-state index contributed by atoms with van der Waals surface area (Å²) in [4.78, 5) is 24.5. The van der Waals surface area contributed by atoms with Crippen molar-refractivity contribution in [3.05, 3.63) is 46.3 Å². The summed E-state index contributed by atoms with van der Waals surface area (Å²) in [7, 11) is 0. The molecule has 0 bridgehead atoms. The van der Waals surface area contributed by atoms with Gasteiger partial charge in [0, 0.05) is 11.6 Å². The van der Waals surface area contributed by atoms with Crippen LogP contribution in [0, 0.1) is 5.41 Å². The van der Waals surface area contributed by atoms with E-state index in [0.29, 0.717) is 11.0 Å². The highest BCUT2D eigenvalue weighted by molar-refractivity contribution is 5.93. The fourth-order valence-corrected chi connectivity index (χ4v) is 2.95. The lowest BCUT2D eigenvalue weighted by Gasteiger charge is -2.33. The second-order valence-electron chi connectivity index (χ2n) is 7.55. The summed E-state index contributed by atoms with van der Waals surface area (Å²) in [5.41, 5.74) is -0.0880. The van der Waals surface area contributed by atoms with Crippen LogP contribution in [0.1, 0.15) is 51.6 Å². The number of benzene rings is 1. The average molecular weight is 301 g/mol. The van der Waals surface area contributed by atoms with E-state index < -0.39 is 0 Å². The SMILES string of the molecule is CC(C)(C)CC(C)(C)NC(=O)c1cc(=O)c2ccccc2o1. The Morgan fingerprint density at radius 3 is 2.41 bits per heavy atom. The smallest absolute Gasteiger partial charge is 0.287 e. The van der Waals surface area contributed by atoms with Gasteiger partial charge in [-0.2, -0.15) is 0 Å². The Morgan fingerprint density at radius 1 is 1.14 bits per heavy atom. The molecule has 4 heteroatoms. The second-order valence-corrected chi connectivity index (χ2v) is 7.55. The van der Waals surface area contributed by atoms with Crippen molar-refractivity contribution in [2.45, 2.75) is 46.6 Å². The summed E-state index contributed by atoms with van der Waals surface area (Å²) in [6, 6.07) is 8.17. The molecule has 0 saturated heterocycles. The summed E-state index contributed by atoms with van der Waals surface area (Å²) >= 11 is 0. The van der Waals surface area contributed by atoms with Crippen LogP contribution in [0.25, 0.3) is 11.0 Å². The molecule has 0 spiro atoms. The van der Waals surface area contributed by atoms with Crippen molar-refractivity contribution < 1.29 is 9.21 Å². The van der Waals surface area contributed by atoms with Crippen LogP contribution in [0.3, 0.4) is 0 Å². The van der Waals surface area contributed by atoms with E-state index in [1.165, 1.54) is 6.07 Å². The molecule has 1 N–H and O–H groups in total. The van der Waals surface area contributed by atoms with E-state index in [4.69, 9.17) is 4.42 Å². The quantitative estimate of drug-likeness (QED) is 0.939. The molecule has 0 radical (unpaired) electrons. The largest absolute Gasteiger partial charge is 0.451 e. The number of carbonyl (C=O) groups is 1. The van der Waals surface area contributed by atoms with Gasteiger partial charge in [0.15, 0.2) is 11.2 Å². The van der Waals surface area contributed by atoms with Gasteiger partial charge in [-0.15, -0.1) is 0 Å². The zero-order valence-corrected chi connectivity index (χ0v) is 13.8. The van der Waals surface area contributed by atoms with Gasteiger partial charge < -0.3 is 9.73 Å². The van der Waals surface area contributed by atoms with Crippen molar-refractivity contribution in [1.82, 2.24) is 5.32 Å². The third kappa shape index (κ3) is 3.97. The number of para-hydroxylation sites is 1. The third-order valence-corrected chi connectivity index (χ3v) is 3.28. The molecule has 0 saturated carbocycles. The Balaban J connectivity index is 2.29. The molecular formula is C18H23NO3. The molecule has 0 aliphatic heterocycles. The Kier molecular flexibility index (Phi) is 4.14. The number of hydrogen-bond acceptors (Lipinski definition) is 3. The van der Waals surface area contributed by atoms with E-state index in [9.17, 15) is 9.59 Å². The molecule has 1 amide bonds. The van der Waals surface area contributed by atoms with E-state index in [2.05, 4.69) is 26.1 Å². The molecule has 1 aromatic carbocycles. The van der Waals surface area contributed by atoms with Crippen molar-refractivity contribution in [3.63, 3.8) is 0 Å².